The van der Waals surface area contributed by atoms with Crippen molar-refractivity contribution in [3.8, 4) is 11.5 Å². The molecule has 0 spiro atoms. The SMILES string of the molecule is COc1ccc(OC)c(CNC(=O)NCc2noc3ccc(C)cc23)c1. The number of nitrogens with one attached hydrogen (secondary N) is 2. The summed E-state index contributed by atoms with van der Waals surface area (Å²) in [6, 6.07) is 10.9. The summed E-state index contributed by atoms with van der Waals surface area (Å²) >= 11 is 0. The largest absolute Gasteiger partial charge is 0.497 e. The summed E-state index contributed by atoms with van der Waals surface area (Å²) in [5.74, 6) is 1.39. The van der Waals surface area contributed by atoms with Crippen molar-refractivity contribution >= 4 is 17.0 Å². The van der Waals surface area contributed by atoms with Crippen LogP contribution < -0.4 is 20.1 Å². The summed E-state index contributed by atoms with van der Waals surface area (Å²) in [6.07, 6.45) is 0. The second kappa shape index (κ2) is 7.77. The van der Waals surface area contributed by atoms with Crippen LogP contribution in [0.5, 0.6) is 11.5 Å². The van der Waals surface area contributed by atoms with E-state index in [0.29, 0.717) is 29.3 Å². The predicted molar refractivity (Wildman–Crippen MR) is 97.4 cm³/mol. The summed E-state index contributed by atoms with van der Waals surface area (Å²) in [7, 11) is 3.18. The van der Waals surface area contributed by atoms with E-state index in [2.05, 4.69) is 15.8 Å². The third-order valence-electron chi connectivity index (χ3n) is 4.04. The van der Waals surface area contributed by atoms with Crippen LogP contribution in [0.2, 0.25) is 0 Å². The summed E-state index contributed by atoms with van der Waals surface area (Å²) in [5, 5.41) is 10.5. The number of ether oxygens (including phenoxy) is 2. The van der Waals surface area contributed by atoms with E-state index in [9.17, 15) is 4.79 Å². The number of aromatic nitrogens is 1. The molecule has 0 aliphatic heterocycles. The van der Waals surface area contributed by atoms with E-state index in [1.165, 1.54) is 0 Å². The van der Waals surface area contributed by atoms with E-state index >= 15 is 0 Å². The molecule has 7 nitrogen and oxygen atoms in total. The van der Waals surface area contributed by atoms with Gasteiger partial charge in [-0.3, -0.25) is 0 Å². The number of benzene rings is 2. The maximum absolute atomic E-state index is 12.1. The third-order valence-corrected chi connectivity index (χ3v) is 4.04. The smallest absolute Gasteiger partial charge is 0.315 e. The first-order chi connectivity index (χ1) is 12.6. The molecule has 0 atom stereocenters. The zero-order valence-corrected chi connectivity index (χ0v) is 15.0. The fraction of sp³-hybridized carbons (Fsp3) is 0.263. The van der Waals surface area contributed by atoms with E-state index < -0.39 is 0 Å². The van der Waals surface area contributed by atoms with Gasteiger partial charge < -0.3 is 24.6 Å². The Morgan fingerprint density at radius 1 is 1.08 bits per heavy atom. The Labute approximate surface area is 151 Å². The van der Waals surface area contributed by atoms with E-state index in [-0.39, 0.29) is 12.6 Å². The van der Waals surface area contributed by atoms with Gasteiger partial charge >= 0.3 is 6.03 Å². The van der Waals surface area contributed by atoms with Gasteiger partial charge in [0.05, 0.1) is 20.8 Å². The van der Waals surface area contributed by atoms with E-state index in [1.54, 1.807) is 26.4 Å². The number of amides is 2. The Morgan fingerprint density at radius 3 is 2.65 bits per heavy atom. The van der Waals surface area contributed by atoms with Crippen molar-refractivity contribution in [2.24, 2.45) is 0 Å². The van der Waals surface area contributed by atoms with Gasteiger partial charge in [0.2, 0.25) is 0 Å². The summed E-state index contributed by atoms with van der Waals surface area (Å²) < 4.78 is 15.8. The Balaban J connectivity index is 1.60. The molecule has 2 N–H and O–H groups in total. The Morgan fingerprint density at radius 2 is 1.88 bits per heavy atom. The van der Waals surface area contributed by atoms with Gasteiger partial charge in [-0.2, -0.15) is 0 Å². The van der Waals surface area contributed by atoms with Crippen LogP contribution in [0.3, 0.4) is 0 Å². The zero-order valence-electron chi connectivity index (χ0n) is 15.0. The molecule has 7 heteroatoms. The normalized spacial score (nSPS) is 10.6. The quantitative estimate of drug-likeness (QED) is 0.709. The Hall–Kier alpha value is -3.22. The van der Waals surface area contributed by atoms with Crippen LogP contribution in [-0.2, 0) is 13.1 Å². The zero-order chi connectivity index (χ0) is 18.5. The van der Waals surface area contributed by atoms with Gasteiger partial charge in [-0.15, -0.1) is 0 Å². The van der Waals surface area contributed by atoms with Gasteiger partial charge in [-0.25, -0.2) is 4.79 Å². The maximum atomic E-state index is 12.1. The van der Waals surface area contributed by atoms with Crippen LogP contribution >= 0.6 is 0 Å². The van der Waals surface area contributed by atoms with Gasteiger partial charge in [0.1, 0.15) is 17.2 Å². The molecule has 1 heterocycles. The minimum absolute atomic E-state index is 0.275. The predicted octanol–water partition coefficient (Wildman–Crippen LogP) is 3.15. The van der Waals surface area contributed by atoms with Crippen LogP contribution in [0.1, 0.15) is 16.8 Å². The van der Waals surface area contributed by atoms with Crippen molar-refractivity contribution in [2.45, 2.75) is 20.0 Å². The Bertz CT molecular complexity index is 920. The molecule has 1 aromatic heterocycles. The molecule has 3 aromatic rings. The lowest BCUT2D eigenvalue weighted by Gasteiger charge is -2.12. The number of urea groups is 1. The minimum Gasteiger partial charge on any atom is -0.497 e. The third kappa shape index (κ3) is 3.88. The first kappa shape index (κ1) is 17.6. The average Bonchev–Trinajstić information content (AvgIpc) is 3.06. The molecule has 2 amide bonds. The highest BCUT2D eigenvalue weighted by molar-refractivity contribution is 5.81. The van der Waals surface area contributed by atoms with Gasteiger partial charge in [-0.1, -0.05) is 16.8 Å². The van der Waals surface area contributed by atoms with Crippen molar-refractivity contribution in [3.05, 3.63) is 53.2 Å². The topological polar surface area (TPSA) is 85.6 Å². The average molecular weight is 355 g/mol. The highest BCUT2D eigenvalue weighted by Crippen LogP contribution is 2.23. The number of hydrogen-bond acceptors (Lipinski definition) is 5. The second-order valence-electron chi connectivity index (χ2n) is 5.84. The molecule has 0 fully saturated rings. The number of nitrogens with zero attached hydrogens (tertiary/aromatic N) is 1. The maximum Gasteiger partial charge on any atom is 0.315 e. The van der Waals surface area contributed by atoms with Crippen molar-refractivity contribution in [3.63, 3.8) is 0 Å². The number of aryl methyl sites for hydroxylation is 1. The second-order valence-corrected chi connectivity index (χ2v) is 5.84. The lowest BCUT2D eigenvalue weighted by atomic mass is 10.1. The molecule has 0 radical (unpaired) electrons. The highest BCUT2D eigenvalue weighted by atomic mass is 16.5. The van der Waals surface area contributed by atoms with Crippen LogP contribution in [0.15, 0.2) is 40.9 Å². The molecular formula is C19H21N3O4. The number of fused-ring (bicyclic) bond motifs is 1. The van der Waals surface area contributed by atoms with Crippen LogP contribution in [0.25, 0.3) is 11.0 Å². The molecule has 3 rings (SSSR count). The monoisotopic (exact) mass is 355 g/mol. The molecule has 0 aliphatic carbocycles. The van der Waals surface area contributed by atoms with Gasteiger partial charge in [0.25, 0.3) is 0 Å². The lowest BCUT2D eigenvalue weighted by Crippen LogP contribution is -2.34. The van der Waals surface area contributed by atoms with Crippen molar-refractivity contribution in [1.29, 1.82) is 0 Å². The molecule has 0 bridgehead atoms. The molecule has 0 saturated heterocycles. The summed E-state index contributed by atoms with van der Waals surface area (Å²) in [4.78, 5) is 12.1. The number of rotatable bonds is 6. The number of carbonyl (C=O) groups excluding carboxylic acids is 1. The van der Waals surface area contributed by atoms with Crippen LogP contribution in [0.4, 0.5) is 4.79 Å². The van der Waals surface area contributed by atoms with Crippen LogP contribution in [-0.4, -0.2) is 25.4 Å². The fourth-order valence-corrected chi connectivity index (χ4v) is 2.65. The van der Waals surface area contributed by atoms with E-state index in [1.807, 2.05) is 31.2 Å². The minimum atomic E-state index is -0.307. The molecule has 136 valence electrons. The summed E-state index contributed by atoms with van der Waals surface area (Å²) in [6.45, 7) is 2.58. The van der Waals surface area contributed by atoms with Crippen molar-refractivity contribution < 1.29 is 18.8 Å². The first-order valence-corrected chi connectivity index (χ1v) is 8.18. The Kier molecular flexibility index (Phi) is 5.26. The number of hydrogen-bond donors (Lipinski definition) is 2. The lowest BCUT2D eigenvalue weighted by molar-refractivity contribution is 0.239. The number of carbonyl (C=O) groups is 1. The van der Waals surface area contributed by atoms with Gasteiger partial charge in [-0.05, 0) is 37.3 Å². The first-order valence-electron chi connectivity index (χ1n) is 8.18. The van der Waals surface area contributed by atoms with E-state index in [0.717, 1.165) is 16.5 Å². The summed E-state index contributed by atoms with van der Waals surface area (Å²) in [5.41, 5.74) is 3.33. The number of methoxy groups -OCH3 is 2. The molecular weight excluding hydrogens is 334 g/mol. The standard InChI is InChI=1S/C19H21N3O4/c1-12-4-6-18-15(8-12)16(22-26-18)11-21-19(23)20-10-13-9-14(24-2)5-7-17(13)25-3/h4-9H,10-11H2,1-3H3,(H2,20,21,23). The van der Waals surface area contributed by atoms with Crippen molar-refractivity contribution in [2.75, 3.05) is 14.2 Å². The molecule has 0 aliphatic rings. The van der Waals surface area contributed by atoms with E-state index in [4.69, 9.17) is 14.0 Å². The van der Waals surface area contributed by atoms with Gasteiger partial charge in [0, 0.05) is 17.5 Å². The van der Waals surface area contributed by atoms with Crippen molar-refractivity contribution in [1.82, 2.24) is 15.8 Å². The fourth-order valence-electron chi connectivity index (χ4n) is 2.65. The molecule has 26 heavy (non-hydrogen) atoms. The molecule has 2 aromatic carbocycles. The van der Waals surface area contributed by atoms with Crippen LogP contribution in [0, 0.1) is 6.92 Å². The molecule has 0 saturated carbocycles. The van der Waals surface area contributed by atoms with Gasteiger partial charge in [0.15, 0.2) is 5.58 Å². The molecule has 0 unspecified atom stereocenters. The highest BCUT2D eigenvalue weighted by Gasteiger charge is 2.11.